The van der Waals surface area contributed by atoms with Crippen molar-refractivity contribution in [3.8, 4) is 0 Å². The number of nitro groups is 1. The summed E-state index contributed by atoms with van der Waals surface area (Å²) >= 11 is 0. The number of hydrogen-bond donors (Lipinski definition) is 0. The third-order valence-electron chi connectivity index (χ3n) is 3.94. The molecule has 2 rings (SSSR count). The predicted molar refractivity (Wildman–Crippen MR) is 88.2 cm³/mol. The van der Waals surface area contributed by atoms with E-state index in [9.17, 15) is 18.5 Å². The lowest BCUT2D eigenvalue weighted by atomic mass is 10.1. The Bertz CT molecular complexity index is 722. The fourth-order valence-corrected chi connectivity index (χ4v) is 3.76. The number of aryl methyl sites for hydroxylation is 1. The first kappa shape index (κ1) is 17.4. The molecule has 1 aromatic rings. The molecule has 1 saturated heterocycles. The topological polar surface area (TPSA) is 92.9 Å². The van der Waals surface area contributed by atoms with Crippen molar-refractivity contribution in [2.75, 3.05) is 13.1 Å². The summed E-state index contributed by atoms with van der Waals surface area (Å²) in [7, 11) is -3.95. The zero-order valence-corrected chi connectivity index (χ0v) is 14.2. The summed E-state index contributed by atoms with van der Waals surface area (Å²) in [5, 5.41) is 11.0. The van der Waals surface area contributed by atoms with Crippen molar-refractivity contribution >= 4 is 21.5 Å². The average molecular weight is 339 g/mol. The van der Waals surface area contributed by atoms with Crippen LogP contribution in [0.3, 0.4) is 0 Å². The first-order valence-electron chi connectivity index (χ1n) is 7.69. The molecule has 0 aromatic heterocycles. The summed E-state index contributed by atoms with van der Waals surface area (Å²) in [6.45, 7) is 5.04. The van der Waals surface area contributed by atoms with Gasteiger partial charge in [0.2, 0.25) is 0 Å². The number of rotatable bonds is 4. The highest BCUT2D eigenvalue weighted by molar-refractivity contribution is 7.90. The van der Waals surface area contributed by atoms with Gasteiger partial charge in [-0.15, -0.1) is 4.40 Å². The van der Waals surface area contributed by atoms with Crippen LogP contribution in [-0.4, -0.2) is 37.2 Å². The molecule has 0 N–H and O–H groups in total. The number of amidine groups is 1. The van der Waals surface area contributed by atoms with Gasteiger partial charge in [0.05, 0.1) is 9.82 Å². The molecule has 7 nitrogen and oxygen atoms in total. The van der Waals surface area contributed by atoms with E-state index in [1.165, 1.54) is 12.1 Å². The molecule has 0 amide bonds. The highest BCUT2D eigenvalue weighted by atomic mass is 32.2. The minimum Gasteiger partial charge on any atom is -0.359 e. The summed E-state index contributed by atoms with van der Waals surface area (Å²) in [4.78, 5) is 12.3. The van der Waals surface area contributed by atoms with Crippen molar-refractivity contribution in [2.24, 2.45) is 4.40 Å². The number of likely N-dealkylation sites (tertiary alicyclic amines) is 1. The predicted octanol–water partition coefficient (Wildman–Crippen LogP) is 2.89. The average Bonchev–Trinajstić information content (AvgIpc) is 2.53. The minimum absolute atomic E-state index is 0.141. The molecule has 1 aromatic carbocycles. The SMILES string of the molecule is CC/C(=N\S(=O)(=O)c1ccc(C)c([N+](=O)[O-])c1)N1CCCCC1. The quantitative estimate of drug-likeness (QED) is 0.364. The Morgan fingerprint density at radius 2 is 1.96 bits per heavy atom. The molecule has 126 valence electrons. The fourth-order valence-electron chi connectivity index (χ4n) is 2.64. The van der Waals surface area contributed by atoms with E-state index in [1.54, 1.807) is 6.92 Å². The van der Waals surface area contributed by atoms with Crippen LogP contribution in [0.15, 0.2) is 27.5 Å². The number of sulfonamides is 1. The van der Waals surface area contributed by atoms with Crippen LogP contribution in [0.25, 0.3) is 0 Å². The highest BCUT2D eigenvalue weighted by Crippen LogP contribution is 2.24. The molecule has 0 bridgehead atoms. The van der Waals surface area contributed by atoms with Crippen LogP contribution < -0.4 is 0 Å². The molecule has 0 spiro atoms. The molecule has 0 unspecified atom stereocenters. The Morgan fingerprint density at radius 1 is 1.30 bits per heavy atom. The molecule has 1 aliphatic heterocycles. The van der Waals surface area contributed by atoms with Gasteiger partial charge in [0.15, 0.2) is 0 Å². The van der Waals surface area contributed by atoms with E-state index in [1.807, 2.05) is 11.8 Å². The van der Waals surface area contributed by atoms with Crippen LogP contribution >= 0.6 is 0 Å². The molecule has 1 fully saturated rings. The van der Waals surface area contributed by atoms with Gasteiger partial charge in [-0.1, -0.05) is 13.0 Å². The van der Waals surface area contributed by atoms with E-state index in [0.717, 1.165) is 38.4 Å². The third kappa shape index (κ3) is 4.07. The fraction of sp³-hybridized carbons (Fsp3) is 0.533. The Balaban J connectivity index is 2.38. The monoisotopic (exact) mass is 339 g/mol. The Kier molecular flexibility index (Phi) is 5.35. The third-order valence-corrected chi connectivity index (χ3v) is 5.24. The summed E-state index contributed by atoms with van der Waals surface area (Å²) in [5.74, 6) is 0.521. The summed E-state index contributed by atoms with van der Waals surface area (Å²) < 4.78 is 28.9. The van der Waals surface area contributed by atoms with Gasteiger partial charge < -0.3 is 4.90 Å². The van der Waals surface area contributed by atoms with Crippen LogP contribution in [0.5, 0.6) is 0 Å². The van der Waals surface area contributed by atoms with E-state index in [4.69, 9.17) is 0 Å². The number of hydrogen-bond acceptors (Lipinski definition) is 4. The van der Waals surface area contributed by atoms with Crippen molar-refractivity contribution in [2.45, 2.75) is 44.4 Å². The Labute approximate surface area is 136 Å². The van der Waals surface area contributed by atoms with Gasteiger partial charge in [0, 0.05) is 31.1 Å². The van der Waals surface area contributed by atoms with Crippen molar-refractivity contribution in [3.63, 3.8) is 0 Å². The summed E-state index contributed by atoms with van der Waals surface area (Å²) in [6, 6.07) is 3.88. The molecule has 1 heterocycles. The van der Waals surface area contributed by atoms with Crippen molar-refractivity contribution in [3.05, 3.63) is 33.9 Å². The standard InChI is InChI=1S/C15H21N3O4S/c1-3-15(17-9-5-4-6-10-17)16-23(21,22)13-8-7-12(2)14(11-13)18(19)20/h7-8,11H,3-6,9-10H2,1-2H3/b16-15+. The van der Waals surface area contributed by atoms with Crippen LogP contribution in [0.2, 0.25) is 0 Å². The van der Waals surface area contributed by atoms with Gasteiger partial charge in [-0.2, -0.15) is 8.42 Å². The second-order valence-corrected chi connectivity index (χ2v) is 7.19. The van der Waals surface area contributed by atoms with Crippen LogP contribution in [0.4, 0.5) is 5.69 Å². The zero-order chi connectivity index (χ0) is 17.0. The van der Waals surface area contributed by atoms with Gasteiger partial charge in [-0.25, -0.2) is 0 Å². The van der Waals surface area contributed by atoms with E-state index < -0.39 is 14.9 Å². The van der Waals surface area contributed by atoms with Gasteiger partial charge in [0.25, 0.3) is 15.7 Å². The second kappa shape index (κ2) is 7.08. The molecule has 1 aliphatic rings. The number of benzene rings is 1. The smallest absolute Gasteiger partial charge is 0.284 e. The first-order valence-corrected chi connectivity index (χ1v) is 9.13. The largest absolute Gasteiger partial charge is 0.359 e. The van der Waals surface area contributed by atoms with Crippen LogP contribution in [-0.2, 0) is 10.0 Å². The van der Waals surface area contributed by atoms with Crippen LogP contribution in [0.1, 0.15) is 38.2 Å². The van der Waals surface area contributed by atoms with Crippen molar-refractivity contribution in [1.29, 1.82) is 0 Å². The van der Waals surface area contributed by atoms with Gasteiger partial charge >= 0.3 is 0 Å². The molecule has 0 radical (unpaired) electrons. The first-order chi connectivity index (χ1) is 10.8. The van der Waals surface area contributed by atoms with Crippen LogP contribution in [0, 0.1) is 17.0 Å². The maximum atomic E-state index is 12.5. The van der Waals surface area contributed by atoms with Gasteiger partial charge in [0.1, 0.15) is 5.84 Å². The molecule has 23 heavy (non-hydrogen) atoms. The summed E-state index contributed by atoms with van der Waals surface area (Å²) in [6.07, 6.45) is 3.70. The normalized spacial score (nSPS) is 16.4. The summed E-state index contributed by atoms with van der Waals surface area (Å²) in [5.41, 5.74) is 0.210. The van der Waals surface area contributed by atoms with E-state index >= 15 is 0 Å². The number of piperidine rings is 1. The molecular formula is C15H21N3O4S. The molecule has 0 saturated carbocycles. The van der Waals surface area contributed by atoms with E-state index in [0.29, 0.717) is 17.8 Å². The molecule has 8 heteroatoms. The number of nitro benzene ring substituents is 1. The van der Waals surface area contributed by atoms with E-state index in [-0.39, 0.29) is 10.6 Å². The van der Waals surface area contributed by atoms with Crippen molar-refractivity contribution in [1.82, 2.24) is 4.90 Å². The lowest BCUT2D eigenvalue weighted by molar-refractivity contribution is -0.385. The van der Waals surface area contributed by atoms with E-state index in [2.05, 4.69) is 4.40 Å². The molecule has 0 aliphatic carbocycles. The van der Waals surface area contributed by atoms with Gasteiger partial charge in [-0.3, -0.25) is 10.1 Å². The molecule has 0 atom stereocenters. The maximum absolute atomic E-state index is 12.5. The lowest BCUT2D eigenvalue weighted by Gasteiger charge is -2.29. The second-order valence-electron chi connectivity index (χ2n) is 5.59. The lowest BCUT2D eigenvalue weighted by Crippen LogP contribution is -2.35. The number of nitrogens with zero attached hydrogens (tertiary/aromatic N) is 3. The zero-order valence-electron chi connectivity index (χ0n) is 13.4. The minimum atomic E-state index is -3.95. The Morgan fingerprint density at radius 3 is 2.52 bits per heavy atom. The molecular weight excluding hydrogens is 318 g/mol. The Hall–Kier alpha value is -1.96. The maximum Gasteiger partial charge on any atom is 0.284 e. The highest BCUT2D eigenvalue weighted by Gasteiger charge is 2.22. The van der Waals surface area contributed by atoms with Crippen molar-refractivity contribution < 1.29 is 13.3 Å². The van der Waals surface area contributed by atoms with Gasteiger partial charge in [-0.05, 0) is 32.3 Å².